The Morgan fingerprint density at radius 3 is 1.98 bits per heavy atom. The molecule has 0 aliphatic carbocycles. The van der Waals surface area contributed by atoms with Gasteiger partial charge in [-0.25, -0.2) is 9.97 Å². The van der Waals surface area contributed by atoms with E-state index in [1.165, 1.54) is 6.07 Å². The number of nitrogen functional groups attached to an aromatic ring is 1. The molecular formula is C35H33FN4O6. The van der Waals surface area contributed by atoms with Gasteiger partial charge in [0.1, 0.15) is 16.6 Å². The van der Waals surface area contributed by atoms with E-state index in [-0.39, 0.29) is 17.8 Å². The van der Waals surface area contributed by atoms with Crippen LogP contribution in [-0.2, 0) is 16.0 Å². The summed E-state index contributed by atoms with van der Waals surface area (Å²) in [6, 6.07) is 24.1. The molecule has 1 atom stereocenters. The van der Waals surface area contributed by atoms with Crippen LogP contribution in [0.5, 0.6) is 0 Å². The molecule has 0 amide bonds. The molecule has 11 heteroatoms. The minimum absolute atomic E-state index is 0.177. The highest BCUT2D eigenvalue weighted by molar-refractivity contribution is 5.77. The van der Waals surface area contributed by atoms with Crippen molar-refractivity contribution in [3.63, 3.8) is 0 Å². The molecule has 2 heterocycles. The fraction of sp³-hybridized carbons (Fsp3) is 0.229. The number of benzene rings is 4. The molecule has 6 aromatic rings. The number of nitrogens with two attached hydrogens (primary N) is 1. The van der Waals surface area contributed by atoms with E-state index in [2.05, 4.69) is 9.97 Å². The van der Waals surface area contributed by atoms with Crippen molar-refractivity contribution >= 4 is 39.5 Å². The number of nitrogens with zero attached hydrogens (tertiary/aromatic N) is 3. The molecule has 0 bridgehead atoms. The summed E-state index contributed by atoms with van der Waals surface area (Å²) in [5.74, 6) is -0.463. The zero-order valence-electron chi connectivity index (χ0n) is 25.8. The number of anilines is 1. The minimum Gasteiger partial charge on any atom is -0.460 e. The first kappa shape index (κ1) is 31.8. The summed E-state index contributed by atoms with van der Waals surface area (Å²) in [5.41, 5.74) is 10.8. The summed E-state index contributed by atoms with van der Waals surface area (Å²) >= 11 is 0. The van der Waals surface area contributed by atoms with Gasteiger partial charge in [0, 0.05) is 22.9 Å². The molecule has 10 nitrogen and oxygen atoms in total. The lowest BCUT2D eigenvalue weighted by Crippen LogP contribution is -2.27. The number of carbonyl (C=O) groups excluding carboxylic acids is 1. The number of fused-ring (bicyclic) bond motifs is 2. The molecule has 46 heavy (non-hydrogen) atoms. The number of nitro benzene ring substituents is 1. The summed E-state index contributed by atoms with van der Waals surface area (Å²) in [6.07, 6.45) is 1.39. The zero-order chi connectivity index (χ0) is 33.0. The van der Waals surface area contributed by atoms with Crippen LogP contribution < -0.4 is 5.73 Å². The van der Waals surface area contributed by atoms with Crippen molar-refractivity contribution in [1.82, 2.24) is 9.97 Å². The Labute approximate surface area is 264 Å². The van der Waals surface area contributed by atoms with E-state index in [9.17, 15) is 19.3 Å². The first-order chi connectivity index (χ1) is 21.9. The van der Waals surface area contributed by atoms with Crippen molar-refractivity contribution in [2.75, 3.05) is 5.73 Å². The molecule has 236 valence electrons. The highest BCUT2D eigenvalue weighted by atomic mass is 19.1. The second-order valence-electron chi connectivity index (χ2n) is 11.8. The topological polar surface area (TPSA) is 148 Å². The van der Waals surface area contributed by atoms with Crippen molar-refractivity contribution in [2.24, 2.45) is 5.92 Å². The van der Waals surface area contributed by atoms with Crippen LogP contribution in [0.25, 0.3) is 45.1 Å². The van der Waals surface area contributed by atoms with E-state index in [1.807, 2.05) is 76.2 Å². The molecule has 0 aliphatic rings. The van der Waals surface area contributed by atoms with E-state index in [1.54, 1.807) is 18.2 Å². The normalized spacial score (nSPS) is 12.0. The van der Waals surface area contributed by atoms with Crippen molar-refractivity contribution in [1.29, 1.82) is 0 Å². The maximum atomic E-state index is 13.2. The van der Waals surface area contributed by atoms with Crippen LogP contribution in [0.1, 0.15) is 39.7 Å². The summed E-state index contributed by atoms with van der Waals surface area (Å²) < 4.78 is 30.0. The molecule has 2 N–H and O–H groups in total. The lowest BCUT2D eigenvalue weighted by Gasteiger charge is -2.22. The van der Waals surface area contributed by atoms with Gasteiger partial charge < -0.3 is 19.3 Å². The van der Waals surface area contributed by atoms with E-state index in [4.69, 9.17) is 19.3 Å². The number of rotatable bonds is 7. The maximum Gasteiger partial charge on any atom is 0.309 e. The van der Waals surface area contributed by atoms with E-state index >= 15 is 0 Å². The molecule has 4 aromatic carbocycles. The second kappa shape index (κ2) is 13.2. The van der Waals surface area contributed by atoms with Crippen LogP contribution in [-0.4, -0.2) is 26.5 Å². The predicted octanol–water partition coefficient (Wildman–Crippen LogP) is 8.53. The summed E-state index contributed by atoms with van der Waals surface area (Å²) in [5, 5.41) is 10.7. The van der Waals surface area contributed by atoms with Crippen molar-refractivity contribution in [3.05, 3.63) is 106 Å². The molecule has 0 aliphatic heterocycles. The smallest absolute Gasteiger partial charge is 0.309 e. The van der Waals surface area contributed by atoms with Gasteiger partial charge in [0.25, 0.3) is 0 Å². The number of aryl methyl sites for hydroxylation is 1. The molecule has 6 rings (SSSR count). The quantitative estimate of drug-likeness (QED) is 0.0798. The molecule has 0 spiro atoms. The number of esters is 1. The number of halogens is 1. The lowest BCUT2D eigenvalue weighted by atomic mass is 9.98. The van der Waals surface area contributed by atoms with Gasteiger partial charge in [-0.05, 0) is 87.7 Å². The van der Waals surface area contributed by atoms with Crippen LogP contribution >= 0.6 is 0 Å². The third-order valence-corrected chi connectivity index (χ3v) is 7.03. The van der Waals surface area contributed by atoms with Crippen LogP contribution in [0.3, 0.4) is 0 Å². The monoisotopic (exact) mass is 624 g/mol. The third-order valence-electron chi connectivity index (χ3n) is 7.03. The molecule has 2 aromatic heterocycles. The molecule has 0 saturated carbocycles. The predicted molar refractivity (Wildman–Crippen MR) is 173 cm³/mol. The number of carbonyl (C=O) groups is 1. The van der Waals surface area contributed by atoms with Crippen LogP contribution in [0.15, 0.2) is 93.8 Å². The number of aromatic nitrogens is 2. The van der Waals surface area contributed by atoms with Crippen LogP contribution in [0.4, 0.5) is 15.8 Å². The minimum atomic E-state index is -0.884. The van der Waals surface area contributed by atoms with Crippen LogP contribution in [0.2, 0.25) is 0 Å². The summed E-state index contributed by atoms with van der Waals surface area (Å²) in [7, 11) is 0. The second-order valence-corrected chi connectivity index (χ2v) is 11.8. The van der Waals surface area contributed by atoms with Crippen LogP contribution in [0, 0.1) is 21.8 Å². The number of hydrogen-bond acceptors (Lipinski definition) is 9. The third kappa shape index (κ3) is 7.55. The van der Waals surface area contributed by atoms with Gasteiger partial charge in [0.15, 0.2) is 11.2 Å². The number of hydrogen-bond donors (Lipinski definition) is 1. The lowest BCUT2D eigenvalue weighted by molar-refractivity contribution is -0.387. The SMILES string of the molecule is CC(CCc1ccc(-c2nc3ccccc3o2)cc1N)C(=O)OC(C)(C)C.O=[N+]([O-])c1cc(-c2nc3ccccc3o2)ccc1F. The van der Waals surface area contributed by atoms with E-state index in [0.717, 1.165) is 34.4 Å². The number of nitro groups is 1. The Balaban J connectivity index is 0.000000192. The highest BCUT2D eigenvalue weighted by Gasteiger charge is 2.22. The Morgan fingerprint density at radius 1 is 0.913 bits per heavy atom. The zero-order valence-corrected chi connectivity index (χ0v) is 25.8. The Hall–Kier alpha value is -5.58. The standard InChI is InChI=1S/C22H26N2O3.C13H7FN2O3/c1-14(21(25)27-22(2,3)4)9-10-15-11-12-16(13-17(15)23)20-24-18-7-5-6-8-19(18)26-20;14-9-6-5-8(7-11(9)16(17)18)13-15-10-3-1-2-4-12(10)19-13/h5-8,11-14H,9-10,23H2,1-4H3;1-7H. The van der Waals surface area contributed by atoms with Gasteiger partial charge >= 0.3 is 11.7 Å². The largest absolute Gasteiger partial charge is 0.460 e. The van der Waals surface area contributed by atoms with Gasteiger partial charge in [-0.1, -0.05) is 37.3 Å². The van der Waals surface area contributed by atoms with Crippen molar-refractivity contribution in [3.8, 4) is 22.9 Å². The maximum absolute atomic E-state index is 13.2. The average molecular weight is 625 g/mol. The van der Waals surface area contributed by atoms with Gasteiger partial charge in [-0.2, -0.15) is 4.39 Å². The van der Waals surface area contributed by atoms with Gasteiger partial charge in [0.05, 0.1) is 10.8 Å². The summed E-state index contributed by atoms with van der Waals surface area (Å²) in [6.45, 7) is 7.51. The highest BCUT2D eigenvalue weighted by Crippen LogP contribution is 2.29. The average Bonchev–Trinajstić information content (AvgIpc) is 3.65. The van der Waals surface area contributed by atoms with E-state index in [0.29, 0.717) is 41.1 Å². The Bertz CT molecular complexity index is 1960. The van der Waals surface area contributed by atoms with Gasteiger partial charge in [0.2, 0.25) is 17.6 Å². The number of ether oxygens (including phenoxy) is 1. The number of oxazole rings is 2. The fourth-order valence-corrected chi connectivity index (χ4v) is 4.62. The molecule has 0 saturated heterocycles. The first-order valence-corrected chi connectivity index (χ1v) is 14.6. The molecule has 0 radical (unpaired) electrons. The van der Waals surface area contributed by atoms with Crippen molar-refractivity contribution < 1.29 is 27.7 Å². The molecular weight excluding hydrogens is 591 g/mol. The Kier molecular flexibility index (Phi) is 9.13. The fourth-order valence-electron chi connectivity index (χ4n) is 4.62. The van der Waals surface area contributed by atoms with Crippen molar-refractivity contribution in [2.45, 2.75) is 46.1 Å². The first-order valence-electron chi connectivity index (χ1n) is 14.6. The molecule has 1 unspecified atom stereocenters. The summed E-state index contributed by atoms with van der Waals surface area (Å²) in [4.78, 5) is 30.7. The molecule has 0 fully saturated rings. The Morgan fingerprint density at radius 2 is 1.46 bits per heavy atom. The van der Waals surface area contributed by atoms with Gasteiger partial charge in [-0.3, -0.25) is 14.9 Å². The number of para-hydroxylation sites is 4. The van der Waals surface area contributed by atoms with E-state index < -0.39 is 22.0 Å². The van der Waals surface area contributed by atoms with Gasteiger partial charge in [-0.15, -0.1) is 0 Å².